The summed E-state index contributed by atoms with van der Waals surface area (Å²) < 4.78 is 5.42. The minimum absolute atomic E-state index is 0.239. The predicted octanol–water partition coefficient (Wildman–Crippen LogP) is 2.15. The molecule has 0 bridgehead atoms. The van der Waals surface area contributed by atoms with Crippen molar-refractivity contribution in [2.45, 2.75) is 39.2 Å². The average molecular weight is 207 g/mol. The van der Waals surface area contributed by atoms with Crippen LogP contribution in [0.5, 0.6) is 5.88 Å². The van der Waals surface area contributed by atoms with E-state index >= 15 is 0 Å². The molecular weight excluding hydrogens is 190 g/mol. The first-order valence-corrected chi connectivity index (χ1v) is 5.37. The van der Waals surface area contributed by atoms with E-state index < -0.39 is 0 Å². The fourth-order valence-electron chi connectivity index (χ4n) is 1.44. The van der Waals surface area contributed by atoms with E-state index in [-0.39, 0.29) is 5.54 Å². The molecule has 0 unspecified atom stereocenters. The summed E-state index contributed by atoms with van der Waals surface area (Å²) in [5.41, 5.74) is 1.23. The first-order chi connectivity index (χ1) is 7.14. The van der Waals surface area contributed by atoms with Gasteiger partial charge in [-0.05, 0) is 33.6 Å². The molecule has 0 spiro atoms. The molecule has 4 heteroatoms. The lowest BCUT2D eigenvalue weighted by Crippen LogP contribution is -2.18. The first kappa shape index (κ1) is 10.2. The van der Waals surface area contributed by atoms with E-state index in [0.29, 0.717) is 12.5 Å². The van der Waals surface area contributed by atoms with Crippen LogP contribution in [0.3, 0.4) is 0 Å². The summed E-state index contributed by atoms with van der Waals surface area (Å²) >= 11 is 0. The Morgan fingerprint density at radius 1 is 1.47 bits per heavy atom. The van der Waals surface area contributed by atoms with E-state index in [2.05, 4.69) is 22.2 Å². The van der Waals surface area contributed by atoms with E-state index in [1.807, 2.05) is 13.8 Å². The van der Waals surface area contributed by atoms with Crippen LogP contribution < -0.4 is 10.1 Å². The van der Waals surface area contributed by atoms with Crippen LogP contribution in [0.1, 0.15) is 32.3 Å². The van der Waals surface area contributed by atoms with Crippen LogP contribution in [0.4, 0.5) is 5.82 Å². The van der Waals surface area contributed by atoms with Crippen LogP contribution in [0, 0.1) is 6.92 Å². The lowest BCUT2D eigenvalue weighted by molar-refractivity contribution is 0.324. The molecule has 1 aliphatic rings. The van der Waals surface area contributed by atoms with Crippen molar-refractivity contribution in [3.05, 3.63) is 11.9 Å². The Balaban J connectivity index is 2.19. The Morgan fingerprint density at radius 2 is 2.20 bits per heavy atom. The summed E-state index contributed by atoms with van der Waals surface area (Å²) in [6.07, 6.45) is 3.97. The molecule has 0 aliphatic heterocycles. The number of aromatic nitrogens is 2. The zero-order valence-corrected chi connectivity index (χ0v) is 9.50. The number of hydrogen-bond acceptors (Lipinski definition) is 4. The van der Waals surface area contributed by atoms with Crippen LogP contribution >= 0.6 is 0 Å². The summed E-state index contributed by atoms with van der Waals surface area (Å²) in [6.45, 7) is 6.78. The number of nitrogens with zero attached hydrogens (tertiary/aromatic N) is 2. The molecule has 4 nitrogen and oxygen atoms in total. The van der Waals surface area contributed by atoms with Gasteiger partial charge in [0.15, 0.2) is 0 Å². The third-order valence-electron chi connectivity index (χ3n) is 2.74. The molecule has 1 fully saturated rings. The van der Waals surface area contributed by atoms with Crippen molar-refractivity contribution >= 4 is 5.82 Å². The molecule has 1 aromatic heterocycles. The van der Waals surface area contributed by atoms with Crippen molar-refractivity contribution < 1.29 is 4.74 Å². The van der Waals surface area contributed by atoms with E-state index in [0.717, 1.165) is 11.4 Å². The number of hydrogen-bond donors (Lipinski definition) is 1. The van der Waals surface area contributed by atoms with Gasteiger partial charge < -0.3 is 10.1 Å². The summed E-state index contributed by atoms with van der Waals surface area (Å²) in [7, 11) is 0. The molecule has 0 saturated heterocycles. The highest BCUT2D eigenvalue weighted by Crippen LogP contribution is 2.38. The number of nitrogens with one attached hydrogen (secondary N) is 1. The van der Waals surface area contributed by atoms with Gasteiger partial charge in [0, 0.05) is 5.54 Å². The SMILES string of the molecule is CCOc1ncnc(NC2(C)CC2)c1C. The quantitative estimate of drug-likeness (QED) is 0.821. The molecule has 1 heterocycles. The van der Waals surface area contributed by atoms with Crippen molar-refractivity contribution in [2.24, 2.45) is 0 Å². The van der Waals surface area contributed by atoms with Gasteiger partial charge in [0.25, 0.3) is 0 Å². The summed E-state index contributed by atoms with van der Waals surface area (Å²) in [6, 6.07) is 0. The normalized spacial score (nSPS) is 17.3. The lowest BCUT2D eigenvalue weighted by atomic mass is 10.2. The van der Waals surface area contributed by atoms with Crippen LogP contribution in [0.25, 0.3) is 0 Å². The fourth-order valence-corrected chi connectivity index (χ4v) is 1.44. The van der Waals surface area contributed by atoms with Gasteiger partial charge in [-0.2, -0.15) is 0 Å². The Labute approximate surface area is 90.1 Å². The Hall–Kier alpha value is -1.32. The Morgan fingerprint density at radius 3 is 2.80 bits per heavy atom. The van der Waals surface area contributed by atoms with Gasteiger partial charge in [0.05, 0.1) is 12.2 Å². The van der Waals surface area contributed by atoms with E-state index in [1.165, 1.54) is 12.8 Å². The highest BCUT2D eigenvalue weighted by atomic mass is 16.5. The maximum absolute atomic E-state index is 5.42. The standard InChI is InChI=1S/C11H17N3O/c1-4-15-10-8(2)9(12-7-13-10)14-11(3)5-6-11/h7H,4-6H2,1-3H3,(H,12,13,14). The zero-order chi connectivity index (χ0) is 10.9. The molecule has 0 atom stereocenters. The largest absolute Gasteiger partial charge is 0.478 e. The molecule has 0 amide bonds. The monoisotopic (exact) mass is 207 g/mol. The van der Waals surface area contributed by atoms with Gasteiger partial charge in [-0.1, -0.05) is 0 Å². The van der Waals surface area contributed by atoms with E-state index in [4.69, 9.17) is 4.74 Å². The van der Waals surface area contributed by atoms with Crippen molar-refractivity contribution in [1.82, 2.24) is 9.97 Å². The highest BCUT2D eigenvalue weighted by Gasteiger charge is 2.37. The molecule has 15 heavy (non-hydrogen) atoms. The smallest absolute Gasteiger partial charge is 0.221 e. The lowest BCUT2D eigenvalue weighted by Gasteiger charge is -2.15. The van der Waals surface area contributed by atoms with Gasteiger partial charge in [0.1, 0.15) is 12.1 Å². The summed E-state index contributed by atoms with van der Waals surface area (Å²) in [5, 5.41) is 3.43. The first-order valence-electron chi connectivity index (χ1n) is 5.37. The molecule has 1 aromatic rings. The van der Waals surface area contributed by atoms with E-state index in [1.54, 1.807) is 6.33 Å². The molecule has 0 radical (unpaired) electrons. The minimum Gasteiger partial charge on any atom is -0.478 e. The second-order valence-corrected chi connectivity index (χ2v) is 4.27. The number of rotatable bonds is 4. The average Bonchev–Trinajstić information content (AvgIpc) is 2.91. The maximum atomic E-state index is 5.42. The third kappa shape index (κ3) is 2.19. The van der Waals surface area contributed by atoms with Crippen LogP contribution in [0.15, 0.2) is 6.33 Å². The molecular formula is C11H17N3O. The highest BCUT2D eigenvalue weighted by molar-refractivity contribution is 5.50. The second-order valence-electron chi connectivity index (χ2n) is 4.27. The summed E-state index contributed by atoms with van der Waals surface area (Å²) in [4.78, 5) is 8.35. The van der Waals surface area contributed by atoms with Crippen LogP contribution in [0.2, 0.25) is 0 Å². The molecule has 82 valence electrons. The molecule has 1 N–H and O–H groups in total. The Bertz CT molecular complexity index is 361. The van der Waals surface area contributed by atoms with Gasteiger partial charge in [-0.25, -0.2) is 9.97 Å². The second kappa shape index (κ2) is 3.68. The van der Waals surface area contributed by atoms with Gasteiger partial charge in [-0.15, -0.1) is 0 Å². The van der Waals surface area contributed by atoms with Crippen molar-refractivity contribution in [1.29, 1.82) is 0 Å². The maximum Gasteiger partial charge on any atom is 0.221 e. The third-order valence-corrected chi connectivity index (χ3v) is 2.74. The molecule has 1 saturated carbocycles. The van der Waals surface area contributed by atoms with Crippen LogP contribution in [-0.4, -0.2) is 22.1 Å². The molecule has 1 aliphatic carbocycles. The van der Waals surface area contributed by atoms with Gasteiger partial charge in [0.2, 0.25) is 5.88 Å². The number of anilines is 1. The van der Waals surface area contributed by atoms with Crippen LogP contribution in [-0.2, 0) is 0 Å². The van der Waals surface area contributed by atoms with Gasteiger partial charge >= 0.3 is 0 Å². The predicted molar refractivity (Wildman–Crippen MR) is 59.2 cm³/mol. The molecule has 2 rings (SSSR count). The van der Waals surface area contributed by atoms with Crippen molar-refractivity contribution in [3.63, 3.8) is 0 Å². The Kier molecular flexibility index (Phi) is 2.50. The minimum atomic E-state index is 0.239. The van der Waals surface area contributed by atoms with Crippen molar-refractivity contribution in [2.75, 3.05) is 11.9 Å². The van der Waals surface area contributed by atoms with Crippen molar-refractivity contribution in [3.8, 4) is 5.88 Å². The van der Waals surface area contributed by atoms with Gasteiger partial charge in [-0.3, -0.25) is 0 Å². The fraction of sp³-hybridized carbons (Fsp3) is 0.636. The molecule has 0 aromatic carbocycles. The van der Waals surface area contributed by atoms with E-state index in [9.17, 15) is 0 Å². The number of ether oxygens (including phenoxy) is 1. The zero-order valence-electron chi connectivity index (χ0n) is 9.50. The summed E-state index contributed by atoms with van der Waals surface area (Å²) in [5.74, 6) is 1.58. The topological polar surface area (TPSA) is 47.0 Å².